The molecule has 0 radical (unpaired) electrons. The number of carbonyl (C=O) groups excluding carboxylic acids is 1. The van der Waals surface area contributed by atoms with Crippen molar-refractivity contribution < 1.29 is 13.6 Å². The Hall–Kier alpha value is -1.53. The van der Waals surface area contributed by atoms with Crippen molar-refractivity contribution in [3.63, 3.8) is 0 Å². The molecule has 140 valence electrons. The molecule has 2 rings (SSSR count). The third-order valence-corrected chi connectivity index (χ3v) is 4.97. The van der Waals surface area contributed by atoms with E-state index in [-0.39, 0.29) is 11.9 Å². The molecule has 1 atom stereocenters. The molecule has 1 heterocycles. The van der Waals surface area contributed by atoms with Crippen molar-refractivity contribution in [2.45, 2.75) is 45.1 Å². The van der Waals surface area contributed by atoms with Crippen LogP contribution in [0.3, 0.4) is 0 Å². The second-order valence-corrected chi connectivity index (χ2v) is 6.71. The van der Waals surface area contributed by atoms with E-state index in [0.717, 1.165) is 31.7 Å². The molecule has 0 saturated carbocycles. The highest BCUT2D eigenvalue weighted by atomic mass is 19.1. The minimum atomic E-state index is -0.560. The molecule has 0 spiro atoms. The fraction of sp³-hybridized carbons (Fsp3) is 0.632. The van der Waals surface area contributed by atoms with Crippen LogP contribution in [0.4, 0.5) is 8.78 Å². The first-order valence-corrected chi connectivity index (χ1v) is 9.19. The van der Waals surface area contributed by atoms with Gasteiger partial charge in [0.15, 0.2) is 0 Å². The minimum Gasteiger partial charge on any atom is -0.340 e. The van der Waals surface area contributed by atoms with Gasteiger partial charge in [-0.3, -0.25) is 9.69 Å². The molecule has 1 fully saturated rings. The first-order chi connectivity index (χ1) is 12.0. The topological polar surface area (TPSA) is 49.6 Å². The number of rotatable bonds is 8. The van der Waals surface area contributed by atoms with Gasteiger partial charge in [0.25, 0.3) is 0 Å². The zero-order valence-corrected chi connectivity index (χ0v) is 15.0. The van der Waals surface area contributed by atoms with Gasteiger partial charge in [-0.05, 0) is 32.4 Å². The maximum atomic E-state index is 13.9. The Morgan fingerprint density at radius 3 is 2.44 bits per heavy atom. The van der Waals surface area contributed by atoms with E-state index in [9.17, 15) is 13.6 Å². The molecular weight excluding hydrogens is 324 g/mol. The van der Waals surface area contributed by atoms with Gasteiger partial charge in [-0.25, -0.2) is 8.78 Å². The number of carbonyl (C=O) groups is 1. The van der Waals surface area contributed by atoms with Gasteiger partial charge in [-0.2, -0.15) is 0 Å². The fourth-order valence-electron chi connectivity index (χ4n) is 3.33. The number of nitrogens with two attached hydrogens (primary N) is 1. The summed E-state index contributed by atoms with van der Waals surface area (Å²) in [6.07, 6.45) is 4.65. The van der Waals surface area contributed by atoms with Crippen molar-refractivity contribution in [3.8, 4) is 0 Å². The van der Waals surface area contributed by atoms with Crippen LogP contribution < -0.4 is 5.73 Å². The predicted octanol–water partition coefficient (Wildman–Crippen LogP) is 3.08. The van der Waals surface area contributed by atoms with Crippen molar-refractivity contribution in [2.24, 2.45) is 5.73 Å². The number of hydrogen-bond donors (Lipinski definition) is 1. The Bertz CT molecular complexity index is 560. The average Bonchev–Trinajstić information content (AvgIpc) is 2.61. The average molecular weight is 353 g/mol. The molecule has 0 aliphatic carbocycles. The lowest BCUT2D eigenvalue weighted by Gasteiger charge is -2.38. The number of unbranched alkanes of at least 4 members (excludes halogenated alkanes) is 3. The lowest BCUT2D eigenvalue weighted by molar-refractivity contribution is -0.133. The monoisotopic (exact) mass is 353 g/mol. The molecule has 2 N–H and O–H groups in total. The molecule has 25 heavy (non-hydrogen) atoms. The molecule has 1 aliphatic heterocycles. The van der Waals surface area contributed by atoms with E-state index in [1.54, 1.807) is 0 Å². The van der Waals surface area contributed by atoms with E-state index >= 15 is 0 Å². The Labute approximate surface area is 149 Å². The first-order valence-electron chi connectivity index (χ1n) is 9.19. The number of nitrogens with zero attached hydrogens (tertiary/aromatic N) is 2. The normalized spacial score (nSPS) is 16.9. The van der Waals surface area contributed by atoms with Gasteiger partial charge in [0.2, 0.25) is 5.91 Å². The van der Waals surface area contributed by atoms with E-state index < -0.39 is 11.6 Å². The molecule has 1 unspecified atom stereocenters. The third-order valence-electron chi connectivity index (χ3n) is 4.97. The van der Waals surface area contributed by atoms with E-state index in [4.69, 9.17) is 5.73 Å². The van der Waals surface area contributed by atoms with Crippen LogP contribution in [-0.2, 0) is 4.79 Å². The summed E-state index contributed by atoms with van der Waals surface area (Å²) >= 11 is 0. The maximum absolute atomic E-state index is 13.9. The second-order valence-electron chi connectivity index (χ2n) is 6.71. The molecular formula is C19H29F2N3O. The highest BCUT2D eigenvalue weighted by molar-refractivity contribution is 5.76. The van der Waals surface area contributed by atoms with Crippen molar-refractivity contribution in [1.29, 1.82) is 0 Å². The molecule has 6 heteroatoms. The van der Waals surface area contributed by atoms with Crippen molar-refractivity contribution >= 4 is 5.91 Å². The zero-order valence-electron chi connectivity index (χ0n) is 15.0. The van der Waals surface area contributed by atoms with Crippen LogP contribution in [0.1, 0.15) is 50.6 Å². The Morgan fingerprint density at radius 1 is 1.12 bits per heavy atom. The van der Waals surface area contributed by atoms with E-state index in [1.807, 2.05) is 11.8 Å². The van der Waals surface area contributed by atoms with Gasteiger partial charge in [-0.1, -0.05) is 18.9 Å². The van der Waals surface area contributed by atoms with Crippen LogP contribution in [0.5, 0.6) is 0 Å². The Kier molecular flexibility index (Phi) is 7.78. The molecule has 4 nitrogen and oxygen atoms in total. The van der Waals surface area contributed by atoms with Crippen LogP contribution in [-0.4, -0.2) is 48.4 Å². The standard InChI is InChI=1S/C19H29F2N3O/c1-15(17-8-7-16(20)14-18(17)21)23-10-12-24(13-11-23)19(25)6-4-2-3-5-9-22/h7-8,14-15H,2-6,9-13,22H2,1H3. The van der Waals surface area contributed by atoms with Crippen LogP contribution in [0.15, 0.2) is 18.2 Å². The summed E-state index contributed by atoms with van der Waals surface area (Å²) in [4.78, 5) is 16.3. The highest BCUT2D eigenvalue weighted by Crippen LogP contribution is 2.24. The van der Waals surface area contributed by atoms with Crippen molar-refractivity contribution in [2.75, 3.05) is 32.7 Å². The molecule has 1 aromatic rings. The highest BCUT2D eigenvalue weighted by Gasteiger charge is 2.25. The number of amides is 1. The SMILES string of the molecule is CC(c1ccc(F)cc1F)N1CCN(C(=O)CCCCCCN)CC1. The molecule has 1 saturated heterocycles. The largest absolute Gasteiger partial charge is 0.340 e. The summed E-state index contributed by atoms with van der Waals surface area (Å²) in [6, 6.07) is 3.60. The number of halogens is 2. The fourth-order valence-corrected chi connectivity index (χ4v) is 3.33. The summed E-state index contributed by atoms with van der Waals surface area (Å²) < 4.78 is 27.0. The van der Waals surface area contributed by atoms with Crippen molar-refractivity contribution in [1.82, 2.24) is 9.80 Å². The van der Waals surface area contributed by atoms with E-state index in [1.165, 1.54) is 12.1 Å². The summed E-state index contributed by atoms with van der Waals surface area (Å²) in [5.74, 6) is -0.869. The quantitative estimate of drug-likeness (QED) is 0.731. The van der Waals surface area contributed by atoms with E-state index in [2.05, 4.69) is 4.90 Å². The minimum absolute atomic E-state index is 0.130. The van der Waals surface area contributed by atoms with Gasteiger partial charge < -0.3 is 10.6 Å². The molecule has 0 aromatic heterocycles. The van der Waals surface area contributed by atoms with Crippen molar-refractivity contribution in [3.05, 3.63) is 35.4 Å². The predicted molar refractivity (Wildman–Crippen MR) is 95.1 cm³/mol. The third kappa shape index (κ3) is 5.75. The first kappa shape index (κ1) is 19.8. The lowest BCUT2D eigenvalue weighted by Crippen LogP contribution is -2.49. The van der Waals surface area contributed by atoms with Crippen LogP contribution >= 0.6 is 0 Å². The van der Waals surface area contributed by atoms with Crippen LogP contribution in [0.2, 0.25) is 0 Å². The number of piperazine rings is 1. The molecule has 0 bridgehead atoms. The second kappa shape index (κ2) is 9.82. The summed E-state index contributed by atoms with van der Waals surface area (Å²) in [7, 11) is 0. The van der Waals surface area contributed by atoms with Crippen LogP contribution in [0.25, 0.3) is 0 Å². The summed E-state index contributed by atoms with van der Waals surface area (Å²) in [5.41, 5.74) is 5.96. The van der Waals surface area contributed by atoms with Crippen LogP contribution in [0, 0.1) is 11.6 Å². The zero-order chi connectivity index (χ0) is 18.2. The van der Waals surface area contributed by atoms with Gasteiger partial charge in [-0.15, -0.1) is 0 Å². The Balaban J connectivity index is 1.77. The smallest absolute Gasteiger partial charge is 0.222 e. The molecule has 1 aromatic carbocycles. The summed E-state index contributed by atoms with van der Waals surface area (Å²) in [6.45, 7) is 5.37. The Morgan fingerprint density at radius 2 is 1.80 bits per heavy atom. The van der Waals surface area contributed by atoms with Gasteiger partial charge >= 0.3 is 0 Å². The van der Waals surface area contributed by atoms with Gasteiger partial charge in [0, 0.05) is 50.3 Å². The molecule has 1 amide bonds. The maximum Gasteiger partial charge on any atom is 0.222 e. The number of hydrogen-bond acceptors (Lipinski definition) is 3. The summed E-state index contributed by atoms with van der Waals surface area (Å²) in [5, 5.41) is 0. The lowest BCUT2D eigenvalue weighted by atomic mass is 10.0. The molecule has 1 aliphatic rings. The van der Waals surface area contributed by atoms with E-state index in [0.29, 0.717) is 44.7 Å². The van der Waals surface area contributed by atoms with Gasteiger partial charge in [0.05, 0.1) is 0 Å². The van der Waals surface area contributed by atoms with Gasteiger partial charge in [0.1, 0.15) is 11.6 Å². The number of benzene rings is 1.